The number of rotatable bonds is 6. The molecule has 1 aliphatic heterocycles. The highest BCUT2D eigenvalue weighted by molar-refractivity contribution is 7.91. The minimum atomic E-state index is -3.05. The largest absolute Gasteiger partial charge is 0.466 e. The predicted molar refractivity (Wildman–Crippen MR) is 87.2 cm³/mol. The Morgan fingerprint density at radius 2 is 2.17 bits per heavy atom. The van der Waals surface area contributed by atoms with E-state index in [1.165, 1.54) is 0 Å². The first-order valence-corrected chi connectivity index (χ1v) is 9.64. The zero-order valence-electron chi connectivity index (χ0n) is 14.2. The first-order valence-electron chi connectivity index (χ1n) is 7.82. The van der Waals surface area contributed by atoms with Crippen LogP contribution in [0.5, 0.6) is 0 Å². The molecule has 0 radical (unpaired) electrons. The first-order chi connectivity index (χ1) is 10.7. The lowest BCUT2D eigenvalue weighted by Crippen LogP contribution is -2.44. The van der Waals surface area contributed by atoms with Gasteiger partial charge in [-0.1, -0.05) is 0 Å². The summed E-state index contributed by atoms with van der Waals surface area (Å²) in [6.45, 7) is 6.31. The van der Waals surface area contributed by atoms with Gasteiger partial charge in [-0.15, -0.1) is 0 Å². The van der Waals surface area contributed by atoms with E-state index in [0.29, 0.717) is 19.6 Å². The van der Waals surface area contributed by atoms with E-state index in [1.54, 1.807) is 12.0 Å². The van der Waals surface area contributed by atoms with Crippen molar-refractivity contribution in [3.63, 3.8) is 0 Å². The summed E-state index contributed by atoms with van der Waals surface area (Å²) >= 11 is 0. The molecule has 0 bridgehead atoms. The Morgan fingerprint density at radius 3 is 2.65 bits per heavy atom. The molecule has 1 saturated heterocycles. The molecule has 1 amide bonds. The lowest BCUT2D eigenvalue weighted by Gasteiger charge is -2.30. The minimum Gasteiger partial charge on any atom is -0.466 e. The third kappa shape index (κ3) is 4.14. The zero-order chi connectivity index (χ0) is 17.2. The quantitative estimate of drug-likeness (QED) is 0.785. The zero-order valence-corrected chi connectivity index (χ0v) is 15.0. The van der Waals surface area contributed by atoms with Crippen molar-refractivity contribution in [1.29, 1.82) is 0 Å². The Morgan fingerprint density at radius 1 is 1.48 bits per heavy atom. The van der Waals surface area contributed by atoms with Gasteiger partial charge in [-0.3, -0.25) is 4.79 Å². The summed E-state index contributed by atoms with van der Waals surface area (Å²) in [4.78, 5) is 14.6. The number of nitrogens with zero attached hydrogens (tertiary/aromatic N) is 1. The number of ether oxygens (including phenoxy) is 1. The molecule has 6 nitrogen and oxygen atoms in total. The fourth-order valence-corrected chi connectivity index (χ4v) is 4.88. The van der Waals surface area contributed by atoms with Gasteiger partial charge in [-0.25, -0.2) is 8.42 Å². The van der Waals surface area contributed by atoms with Gasteiger partial charge < -0.3 is 14.1 Å². The molecular weight excluding hydrogens is 318 g/mol. The third-order valence-corrected chi connectivity index (χ3v) is 6.14. The molecule has 7 heteroatoms. The number of hydrogen-bond acceptors (Lipinski definition) is 5. The molecule has 1 aromatic heterocycles. The number of aryl methyl sites for hydroxylation is 2. The van der Waals surface area contributed by atoms with Crippen LogP contribution in [0.25, 0.3) is 0 Å². The molecule has 1 fully saturated rings. The Labute approximate surface area is 137 Å². The Kier molecular flexibility index (Phi) is 5.52. The van der Waals surface area contributed by atoms with E-state index >= 15 is 0 Å². The lowest BCUT2D eigenvalue weighted by atomic mass is 9.99. The molecule has 130 valence electrons. The highest BCUT2D eigenvalue weighted by Gasteiger charge is 2.36. The summed E-state index contributed by atoms with van der Waals surface area (Å²) in [7, 11) is -1.48. The van der Waals surface area contributed by atoms with E-state index in [2.05, 4.69) is 0 Å². The standard InChI is InChI=1S/C16H25NO5S/c1-11-9-15(13(3)22-11)12(2)16(18)17(6-7-21-4)14-5-8-23(19,20)10-14/h9,12,14H,5-8,10H2,1-4H3/t12-,14-/m1/s1. The fourth-order valence-electron chi connectivity index (χ4n) is 3.15. The van der Waals surface area contributed by atoms with Gasteiger partial charge in [0.1, 0.15) is 11.5 Å². The fraction of sp³-hybridized carbons (Fsp3) is 0.688. The summed E-state index contributed by atoms with van der Waals surface area (Å²) in [5, 5.41) is 0. The van der Waals surface area contributed by atoms with Crippen molar-refractivity contribution < 1.29 is 22.4 Å². The van der Waals surface area contributed by atoms with Gasteiger partial charge in [0.25, 0.3) is 0 Å². The monoisotopic (exact) mass is 343 g/mol. The second-order valence-electron chi connectivity index (χ2n) is 6.17. The van der Waals surface area contributed by atoms with Crippen LogP contribution in [-0.2, 0) is 19.4 Å². The van der Waals surface area contributed by atoms with Crippen LogP contribution in [0.4, 0.5) is 0 Å². The molecule has 0 saturated carbocycles. The highest BCUT2D eigenvalue weighted by Crippen LogP contribution is 2.27. The second kappa shape index (κ2) is 7.05. The van der Waals surface area contributed by atoms with E-state index in [9.17, 15) is 13.2 Å². The molecular formula is C16H25NO5S. The van der Waals surface area contributed by atoms with Crippen LogP contribution in [0, 0.1) is 13.8 Å². The van der Waals surface area contributed by atoms with Crippen molar-refractivity contribution in [2.75, 3.05) is 31.8 Å². The highest BCUT2D eigenvalue weighted by atomic mass is 32.2. The van der Waals surface area contributed by atoms with E-state index in [-0.39, 0.29) is 29.4 Å². The number of carbonyl (C=O) groups is 1. The Bertz CT molecular complexity index is 664. The number of amides is 1. The lowest BCUT2D eigenvalue weighted by molar-refractivity contribution is -0.135. The van der Waals surface area contributed by atoms with Crippen LogP contribution in [0.2, 0.25) is 0 Å². The van der Waals surface area contributed by atoms with Crippen LogP contribution in [0.3, 0.4) is 0 Å². The summed E-state index contributed by atoms with van der Waals surface area (Å²) in [5.41, 5.74) is 0.857. The second-order valence-corrected chi connectivity index (χ2v) is 8.40. The van der Waals surface area contributed by atoms with Crippen LogP contribution in [-0.4, -0.2) is 57.0 Å². The van der Waals surface area contributed by atoms with Gasteiger partial charge in [-0.2, -0.15) is 0 Å². The molecule has 0 spiro atoms. The molecule has 2 rings (SSSR count). The number of carbonyl (C=O) groups excluding carboxylic acids is 1. The molecule has 0 unspecified atom stereocenters. The van der Waals surface area contributed by atoms with Crippen LogP contribution >= 0.6 is 0 Å². The van der Waals surface area contributed by atoms with Crippen molar-refractivity contribution in [1.82, 2.24) is 4.90 Å². The maximum atomic E-state index is 12.9. The Balaban J connectivity index is 2.20. The van der Waals surface area contributed by atoms with Crippen LogP contribution in [0.1, 0.15) is 36.3 Å². The number of furan rings is 1. The average molecular weight is 343 g/mol. The van der Waals surface area contributed by atoms with E-state index in [1.807, 2.05) is 26.8 Å². The van der Waals surface area contributed by atoms with Crippen molar-refractivity contribution in [3.8, 4) is 0 Å². The molecule has 0 aromatic carbocycles. The topological polar surface area (TPSA) is 76.8 Å². The SMILES string of the molecule is COCCN(C(=O)[C@H](C)c1cc(C)oc1C)[C@@H]1CCS(=O)(=O)C1. The van der Waals surface area contributed by atoms with Crippen molar-refractivity contribution in [3.05, 3.63) is 23.2 Å². The molecule has 2 heterocycles. The van der Waals surface area contributed by atoms with Crippen LogP contribution in [0.15, 0.2) is 10.5 Å². The van der Waals surface area contributed by atoms with Gasteiger partial charge in [0.15, 0.2) is 9.84 Å². The van der Waals surface area contributed by atoms with E-state index in [0.717, 1.165) is 17.1 Å². The van der Waals surface area contributed by atoms with Gasteiger partial charge in [0.05, 0.1) is 24.0 Å². The first kappa shape index (κ1) is 18.0. The number of hydrogen-bond donors (Lipinski definition) is 0. The number of sulfone groups is 1. The average Bonchev–Trinajstić information content (AvgIpc) is 3.00. The van der Waals surface area contributed by atoms with Crippen molar-refractivity contribution in [2.45, 2.75) is 39.2 Å². The van der Waals surface area contributed by atoms with Gasteiger partial charge in [0, 0.05) is 25.3 Å². The Hall–Kier alpha value is -1.34. The summed E-state index contributed by atoms with van der Waals surface area (Å²) < 4.78 is 34.1. The smallest absolute Gasteiger partial charge is 0.230 e. The molecule has 1 aliphatic rings. The molecule has 1 aromatic rings. The predicted octanol–water partition coefficient (Wildman–Crippen LogP) is 1.66. The summed E-state index contributed by atoms with van der Waals surface area (Å²) in [5.74, 6) is 1.24. The number of methoxy groups -OCH3 is 1. The molecule has 23 heavy (non-hydrogen) atoms. The summed E-state index contributed by atoms with van der Waals surface area (Å²) in [6.07, 6.45) is 0.494. The maximum absolute atomic E-state index is 12.9. The molecule has 0 N–H and O–H groups in total. The van der Waals surface area contributed by atoms with Gasteiger partial charge in [0.2, 0.25) is 5.91 Å². The normalized spacial score (nSPS) is 21.3. The maximum Gasteiger partial charge on any atom is 0.230 e. The van der Waals surface area contributed by atoms with E-state index < -0.39 is 9.84 Å². The van der Waals surface area contributed by atoms with Crippen LogP contribution < -0.4 is 0 Å². The molecule has 0 aliphatic carbocycles. The van der Waals surface area contributed by atoms with E-state index in [4.69, 9.17) is 9.15 Å². The van der Waals surface area contributed by atoms with Gasteiger partial charge in [-0.05, 0) is 33.3 Å². The van der Waals surface area contributed by atoms with Crippen molar-refractivity contribution >= 4 is 15.7 Å². The van der Waals surface area contributed by atoms with Gasteiger partial charge >= 0.3 is 0 Å². The summed E-state index contributed by atoms with van der Waals surface area (Å²) in [6, 6.07) is 1.61. The van der Waals surface area contributed by atoms with Crippen molar-refractivity contribution in [2.24, 2.45) is 0 Å². The minimum absolute atomic E-state index is 0.0402. The molecule has 2 atom stereocenters. The third-order valence-electron chi connectivity index (χ3n) is 4.38.